The Morgan fingerprint density at radius 3 is 1.97 bits per heavy atom. The summed E-state index contributed by atoms with van der Waals surface area (Å²) in [5.41, 5.74) is 1.57. The number of benzene rings is 2. The lowest BCUT2D eigenvalue weighted by Crippen LogP contribution is -2.39. The van der Waals surface area contributed by atoms with Gasteiger partial charge in [0.05, 0.1) is 13.2 Å². The maximum atomic E-state index is 12.3. The monoisotopic (exact) mass is 409 g/mol. The summed E-state index contributed by atoms with van der Waals surface area (Å²) < 4.78 is 10.5. The number of esters is 2. The third-order valence-corrected chi connectivity index (χ3v) is 4.30. The molecule has 0 aliphatic heterocycles. The first-order valence-electron chi connectivity index (χ1n) is 10.2. The number of ether oxygens (including phenoxy) is 2. The normalized spacial score (nSPS) is 12.7. The fourth-order valence-electron chi connectivity index (χ4n) is 3.18. The molecule has 1 unspecified atom stereocenters. The van der Waals surface area contributed by atoms with Gasteiger partial charge in [0.15, 0.2) is 0 Å². The lowest BCUT2D eigenvalue weighted by molar-refractivity contribution is -0.153. The van der Waals surface area contributed by atoms with Crippen molar-refractivity contribution in [3.63, 3.8) is 0 Å². The maximum Gasteiger partial charge on any atom is 0.330 e. The van der Waals surface area contributed by atoms with Crippen molar-refractivity contribution in [3.05, 3.63) is 83.9 Å². The molecule has 0 radical (unpaired) electrons. The van der Waals surface area contributed by atoms with Gasteiger partial charge in [-0.3, -0.25) is 10.1 Å². The molecule has 0 fully saturated rings. The van der Waals surface area contributed by atoms with Crippen LogP contribution in [0.3, 0.4) is 0 Å². The minimum Gasteiger partial charge on any atom is -0.463 e. The van der Waals surface area contributed by atoms with Crippen LogP contribution in [-0.2, 0) is 19.1 Å². The van der Waals surface area contributed by atoms with Crippen molar-refractivity contribution in [2.75, 3.05) is 13.2 Å². The minimum atomic E-state index is -0.562. The number of hydrogen-bond acceptors (Lipinski definition) is 5. The molecular weight excluding hydrogens is 378 g/mol. The average Bonchev–Trinajstić information content (AvgIpc) is 2.70. The molecule has 30 heavy (non-hydrogen) atoms. The largest absolute Gasteiger partial charge is 0.463 e. The quantitative estimate of drug-likeness (QED) is 0.496. The highest BCUT2D eigenvalue weighted by Crippen LogP contribution is 2.29. The molecule has 1 atom stereocenters. The van der Waals surface area contributed by atoms with E-state index in [4.69, 9.17) is 9.47 Å². The number of hydrogen-bond donors (Lipinski definition) is 1. The van der Waals surface area contributed by atoms with Crippen molar-refractivity contribution in [3.8, 4) is 0 Å². The van der Waals surface area contributed by atoms with Crippen molar-refractivity contribution < 1.29 is 19.1 Å². The van der Waals surface area contributed by atoms with Crippen molar-refractivity contribution in [2.24, 2.45) is 0 Å². The van der Waals surface area contributed by atoms with Gasteiger partial charge in [-0.05, 0) is 38.8 Å². The van der Waals surface area contributed by atoms with Crippen LogP contribution in [0.4, 0.5) is 0 Å². The second-order valence-corrected chi connectivity index (χ2v) is 7.90. The Labute approximate surface area is 179 Å². The van der Waals surface area contributed by atoms with E-state index >= 15 is 0 Å². The Hall–Kier alpha value is -2.92. The van der Waals surface area contributed by atoms with E-state index in [1.807, 2.05) is 81.4 Å². The highest BCUT2D eigenvalue weighted by atomic mass is 16.6. The van der Waals surface area contributed by atoms with E-state index in [-0.39, 0.29) is 24.5 Å². The summed E-state index contributed by atoms with van der Waals surface area (Å²) in [6.07, 6.45) is 3.17. The number of nitrogens with one attached hydrogen (secondary N) is 1. The first-order chi connectivity index (χ1) is 14.3. The Balaban J connectivity index is 2.34. The second-order valence-electron chi connectivity index (χ2n) is 7.90. The van der Waals surface area contributed by atoms with Gasteiger partial charge in [-0.1, -0.05) is 66.7 Å². The molecule has 5 nitrogen and oxygen atoms in total. The molecule has 0 saturated heterocycles. The lowest BCUT2D eigenvalue weighted by Gasteiger charge is -2.27. The van der Waals surface area contributed by atoms with Crippen LogP contribution >= 0.6 is 0 Å². The van der Waals surface area contributed by atoms with Crippen LogP contribution in [0.25, 0.3) is 0 Å². The number of carbonyl (C=O) groups excluding carboxylic acids is 2. The van der Waals surface area contributed by atoms with E-state index in [2.05, 4.69) is 5.32 Å². The zero-order valence-corrected chi connectivity index (χ0v) is 18.1. The van der Waals surface area contributed by atoms with Crippen molar-refractivity contribution in [2.45, 2.75) is 45.3 Å². The highest BCUT2D eigenvalue weighted by Gasteiger charge is 2.25. The Kier molecular flexibility index (Phi) is 8.81. The molecule has 0 spiro atoms. The molecule has 5 heteroatoms. The first kappa shape index (κ1) is 23.4. The van der Waals surface area contributed by atoms with E-state index in [0.29, 0.717) is 6.61 Å². The molecule has 0 bridgehead atoms. The van der Waals surface area contributed by atoms with Crippen LogP contribution in [0.5, 0.6) is 0 Å². The molecule has 160 valence electrons. The van der Waals surface area contributed by atoms with Crippen molar-refractivity contribution in [1.29, 1.82) is 0 Å². The average molecular weight is 410 g/mol. The Morgan fingerprint density at radius 2 is 1.50 bits per heavy atom. The van der Waals surface area contributed by atoms with E-state index in [9.17, 15) is 9.59 Å². The van der Waals surface area contributed by atoms with Gasteiger partial charge in [0.2, 0.25) is 0 Å². The summed E-state index contributed by atoms with van der Waals surface area (Å²) in [6, 6.07) is 19.7. The van der Waals surface area contributed by atoms with Crippen LogP contribution in [-0.4, -0.2) is 36.7 Å². The molecule has 0 amide bonds. The standard InChI is InChI=1S/C25H31NO4/c1-5-29-22(27)17-16-21(26-18-23(28)30-25(2,3)4)24(19-12-8-6-9-13-19)20-14-10-7-11-15-20/h6-17,21,24,26H,5,18H2,1-4H3. The molecule has 2 aromatic carbocycles. The van der Waals surface area contributed by atoms with Gasteiger partial charge >= 0.3 is 11.9 Å². The molecular formula is C25H31NO4. The molecule has 0 saturated carbocycles. The zero-order chi connectivity index (χ0) is 22.0. The van der Waals surface area contributed by atoms with Crippen molar-refractivity contribution in [1.82, 2.24) is 5.32 Å². The fourth-order valence-corrected chi connectivity index (χ4v) is 3.18. The second kappa shape index (κ2) is 11.3. The highest BCUT2D eigenvalue weighted by molar-refractivity contribution is 5.82. The summed E-state index contributed by atoms with van der Waals surface area (Å²) in [5, 5.41) is 3.27. The third-order valence-electron chi connectivity index (χ3n) is 4.30. The predicted molar refractivity (Wildman–Crippen MR) is 118 cm³/mol. The Morgan fingerprint density at radius 1 is 0.967 bits per heavy atom. The summed E-state index contributed by atoms with van der Waals surface area (Å²) in [4.78, 5) is 24.2. The third kappa shape index (κ3) is 7.84. The van der Waals surface area contributed by atoms with Crippen LogP contribution in [0.15, 0.2) is 72.8 Å². The SMILES string of the molecule is CCOC(=O)C=CC(NCC(=O)OC(C)(C)C)C(c1ccccc1)c1ccccc1. The van der Waals surface area contributed by atoms with Crippen molar-refractivity contribution >= 4 is 11.9 Å². The van der Waals surface area contributed by atoms with Gasteiger partial charge < -0.3 is 9.47 Å². The maximum absolute atomic E-state index is 12.3. The number of rotatable bonds is 9. The van der Waals surface area contributed by atoms with E-state index in [1.54, 1.807) is 13.0 Å². The van der Waals surface area contributed by atoms with Crippen LogP contribution in [0.2, 0.25) is 0 Å². The molecule has 0 aromatic heterocycles. The summed E-state index contributed by atoms with van der Waals surface area (Å²) >= 11 is 0. The van der Waals surface area contributed by atoms with Crippen LogP contribution < -0.4 is 5.32 Å². The molecule has 0 aliphatic carbocycles. The molecule has 0 heterocycles. The molecule has 2 aromatic rings. The van der Waals surface area contributed by atoms with Crippen LogP contribution in [0.1, 0.15) is 44.7 Å². The lowest BCUT2D eigenvalue weighted by atomic mass is 9.84. The van der Waals surface area contributed by atoms with Gasteiger partial charge in [-0.2, -0.15) is 0 Å². The summed E-state index contributed by atoms with van der Waals surface area (Å²) in [7, 11) is 0. The first-order valence-corrected chi connectivity index (χ1v) is 10.2. The predicted octanol–water partition coefficient (Wildman–Crippen LogP) is 4.24. The van der Waals surface area contributed by atoms with Gasteiger partial charge in [0, 0.05) is 18.0 Å². The fraction of sp³-hybridized carbons (Fsp3) is 0.360. The van der Waals surface area contributed by atoms with Gasteiger partial charge in [0.25, 0.3) is 0 Å². The minimum absolute atomic E-state index is 0.0191. The van der Waals surface area contributed by atoms with Crippen LogP contribution in [0, 0.1) is 0 Å². The topological polar surface area (TPSA) is 64.6 Å². The zero-order valence-electron chi connectivity index (χ0n) is 18.1. The number of carbonyl (C=O) groups is 2. The Bertz CT molecular complexity index is 786. The van der Waals surface area contributed by atoms with Gasteiger partial charge in [-0.25, -0.2) is 4.79 Å². The summed E-state index contributed by atoms with van der Waals surface area (Å²) in [5.74, 6) is -0.876. The van der Waals surface area contributed by atoms with E-state index in [1.165, 1.54) is 6.08 Å². The summed E-state index contributed by atoms with van der Waals surface area (Å²) in [6.45, 7) is 7.59. The molecule has 0 aliphatic rings. The van der Waals surface area contributed by atoms with Gasteiger partial charge in [-0.15, -0.1) is 0 Å². The smallest absolute Gasteiger partial charge is 0.330 e. The van der Waals surface area contributed by atoms with E-state index < -0.39 is 11.6 Å². The van der Waals surface area contributed by atoms with Gasteiger partial charge in [0.1, 0.15) is 5.60 Å². The molecule has 2 rings (SSSR count). The van der Waals surface area contributed by atoms with E-state index in [0.717, 1.165) is 11.1 Å². The molecule has 1 N–H and O–H groups in total.